The minimum Gasteiger partial charge on any atom is -0.335 e. The van der Waals surface area contributed by atoms with Crippen molar-refractivity contribution in [3.05, 3.63) is 58.1 Å². The van der Waals surface area contributed by atoms with E-state index in [1.165, 1.54) is 11.9 Å². The maximum atomic E-state index is 12.5. The first kappa shape index (κ1) is 24.7. The molecular weight excluding hydrogens is 439 g/mol. The van der Waals surface area contributed by atoms with Crippen LogP contribution in [-0.4, -0.2) is 60.7 Å². The van der Waals surface area contributed by atoms with Crippen LogP contribution < -0.4 is 10.6 Å². The molecule has 0 saturated heterocycles. The van der Waals surface area contributed by atoms with E-state index in [0.717, 1.165) is 5.56 Å². The fraction of sp³-hybridized carbons (Fsp3) is 0.318. The summed E-state index contributed by atoms with van der Waals surface area (Å²) >= 11 is 12.0. The van der Waals surface area contributed by atoms with Gasteiger partial charge >= 0.3 is 0 Å². The maximum absolute atomic E-state index is 12.5. The molecule has 0 aromatic heterocycles. The monoisotopic (exact) mass is 464 g/mol. The smallest absolute Gasteiger partial charge is 0.244 e. The number of rotatable bonds is 9. The maximum Gasteiger partial charge on any atom is 0.244 e. The van der Waals surface area contributed by atoms with E-state index in [-0.39, 0.29) is 37.4 Å². The third-order valence-corrected chi connectivity index (χ3v) is 5.17. The minimum atomic E-state index is -0.360. The van der Waals surface area contributed by atoms with Gasteiger partial charge in [0.1, 0.15) is 0 Å². The summed E-state index contributed by atoms with van der Waals surface area (Å²) in [6.07, 6.45) is 0. The molecule has 2 rings (SSSR count). The summed E-state index contributed by atoms with van der Waals surface area (Å²) in [7, 11) is 1.54. The average molecular weight is 465 g/mol. The van der Waals surface area contributed by atoms with Gasteiger partial charge in [-0.15, -0.1) is 0 Å². The van der Waals surface area contributed by atoms with Crippen LogP contribution in [0.4, 0.5) is 11.4 Å². The topological polar surface area (TPSA) is 81.8 Å². The third kappa shape index (κ3) is 7.86. The van der Waals surface area contributed by atoms with Crippen molar-refractivity contribution in [1.29, 1.82) is 0 Å². The number of anilines is 2. The Balaban J connectivity index is 1.86. The molecule has 9 heteroatoms. The molecule has 2 aromatic carbocycles. The van der Waals surface area contributed by atoms with Crippen LogP contribution in [0.2, 0.25) is 10.0 Å². The molecule has 31 heavy (non-hydrogen) atoms. The zero-order valence-electron chi connectivity index (χ0n) is 17.7. The summed E-state index contributed by atoms with van der Waals surface area (Å²) < 4.78 is 0. The Labute approximate surface area is 192 Å². The molecule has 2 aromatic rings. The largest absolute Gasteiger partial charge is 0.335 e. The van der Waals surface area contributed by atoms with Crippen molar-refractivity contribution in [3.63, 3.8) is 0 Å². The Kier molecular flexibility index (Phi) is 9.30. The van der Waals surface area contributed by atoms with Gasteiger partial charge in [-0.2, -0.15) is 0 Å². The van der Waals surface area contributed by atoms with Crippen LogP contribution in [0, 0.1) is 6.92 Å². The zero-order chi connectivity index (χ0) is 23.0. The number of hydrogen-bond acceptors (Lipinski definition) is 4. The van der Waals surface area contributed by atoms with E-state index in [9.17, 15) is 14.4 Å². The van der Waals surface area contributed by atoms with E-state index >= 15 is 0 Å². The van der Waals surface area contributed by atoms with E-state index in [2.05, 4.69) is 10.6 Å². The lowest BCUT2D eigenvalue weighted by atomic mass is 10.2. The average Bonchev–Trinajstić information content (AvgIpc) is 2.71. The second kappa shape index (κ2) is 11.7. The van der Waals surface area contributed by atoms with Crippen molar-refractivity contribution in [2.75, 3.05) is 43.9 Å². The standard InChI is InChI=1S/C22H26Cl2N4O3/c1-4-28(13-21(30)26-19-11-16(23)10-9-15(19)2)14-22(31)27(3)12-20(29)25-18-8-6-5-7-17(18)24/h5-11H,4,12-14H2,1-3H3,(H,25,29)(H,26,30). The highest BCUT2D eigenvalue weighted by atomic mass is 35.5. The highest BCUT2D eigenvalue weighted by Crippen LogP contribution is 2.21. The van der Waals surface area contributed by atoms with Crippen molar-refractivity contribution in [3.8, 4) is 0 Å². The van der Waals surface area contributed by atoms with Crippen molar-refractivity contribution < 1.29 is 14.4 Å². The van der Waals surface area contributed by atoms with Gasteiger partial charge in [-0.3, -0.25) is 19.3 Å². The lowest BCUT2D eigenvalue weighted by Crippen LogP contribution is -2.43. The Bertz CT molecular complexity index is 952. The van der Waals surface area contributed by atoms with Gasteiger partial charge in [0.05, 0.1) is 30.3 Å². The second-order valence-electron chi connectivity index (χ2n) is 7.09. The van der Waals surface area contributed by atoms with Gasteiger partial charge in [0, 0.05) is 17.8 Å². The molecule has 0 saturated carbocycles. The first-order valence-electron chi connectivity index (χ1n) is 9.76. The van der Waals surface area contributed by atoms with Crippen molar-refractivity contribution in [2.24, 2.45) is 0 Å². The highest BCUT2D eigenvalue weighted by Gasteiger charge is 2.18. The molecule has 0 aliphatic carbocycles. The molecule has 2 N–H and O–H groups in total. The van der Waals surface area contributed by atoms with Crippen LogP contribution in [-0.2, 0) is 14.4 Å². The predicted octanol–water partition coefficient (Wildman–Crippen LogP) is 3.66. The minimum absolute atomic E-state index is 0.00826. The molecule has 0 unspecified atom stereocenters. The second-order valence-corrected chi connectivity index (χ2v) is 7.93. The molecule has 166 valence electrons. The first-order chi connectivity index (χ1) is 14.7. The summed E-state index contributed by atoms with van der Waals surface area (Å²) in [6.45, 7) is 4.13. The van der Waals surface area contributed by atoms with Crippen molar-refractivity contribution >= 4 is 52.3 Å². The molecule has 0 heterocycles. The number of carbonyl (C=O) groups is 3. The van der Waals surface area contributed by atoms with Crippen LogP contribution in [0.3, 0.4) is 0 Å². The van der Waals surface area contributed by atoms with Crippen LogP contribution in [0.1, 0.15) is 12.5 Å². The fourth-order valence-corrected chi connectivity index (χ4v) is 3.12. The summed E-state index contributed by atoms with van der Waals surface area (Å²) in [6, 6.07) is 12.1. The Morgan fingerprint density at radius 3 is 2.23 bits per heavy atom. The fourth-order valence-electron chi connectivity index (χ4n) is 2.77. The van der Waals surface area contributed by atoms with Crippen molar-refractivity contribution in [1.82, 2.24) is 9.80 Å². The van der Waals surface area contributed by atoms with Crippen LogP contribution >= 0.6 is 23.2 Å². The Hall–Kier alpha value is -2.61. The van der Waals surface area contributed by atoms with E-state index in [0.29, 0.717) is 28.0 Å². The first-order valence-corrected chi connectivity index (χ1v) is 10.5. The lowest BCUT2D eigenvalue weighted by Gasteiger charge is -2.23. The molecule has 0 atom stereocenters. The third-order valence-electron chi connectivity index (χ3n) is 4.60. The summed E-state index contributed by atoms with van der Waals surface area (Å²) in [4.78, 5) is 40.2. The molecule has 0 aliphatic heterocycles. The van der Waals surface area contributed by atoms with E-state index in [1.807, 2.05) is 19.9 Å². The van der Waals surface area contributed by atoms with E-state index in [1.54, 1.807) is 41.3 Å². The van der Waals surface area contributed by atoms with Gasteiger partial charge in [0.15, 0.2) is 0 Å². The number of amides is 3. The van der Waals surface area contributed by atoms with Crippen LogP contribution in [0.25, 0.3) is 0 Å². The summed E-state index contributed by atoms with van der Waals surface area (Å²) in [5.41, 5.74) is 2.01. The molecule has 0 fully saturated rings. The van der Waals surface area contributed by atoms with Gasteiger partial charge in [-0.05, 0) is 43.3 Å². The Morgan fingerprint density at radius 2 is 1.55 bits per heavy atom. The van der Waals surface area contributed by atoms with Gasteiger partial charge < -0.3 is 15.5 Å². The van der Waals surface area contributed by atoms with Gasteiger partial charge in [-0.1, -0.05) is 48.3 Å². The molecular formula is C22H26Cl2N4O3. The number of aryl methyl sites for hydroxylation is 1. The highest BCUT2D eigenvalue weighted by molar-refractivity contribution is 6.33. The Morgan fingerprint density at radius 1 is 0.903 bits per heavy atom. The van der Waals surface area contributed by atoms with Gasteiger partial charge in [0.25, 0.3) is 0 Å². The number of carbonyl (C=O) groups excluding carboxylic acids is 3. The zero-order valence-corrected chi connectivity index (χ0v) is 19.3. The number of benzene rings is 2. The molecule has 0 bridgehead atoms. The lowest BCUT2D eigenvalue weighted by molar-refractivity contribution is -0.134. The number of halogens is 2. The SMILES string of the molecule is CCN(CC(=O)Nc1cc(Cl)ccc1C)CC(=O)N(C)CC(=O)Nc1ccccc1Cl. The van der Waals surface area contributed by atoms with E-state index in [4.69, 9.17) is 23.2 Å². The quantitative estimate of drug-likeness (QED) is 0.593. The summed E-state index contributed by atoms with van der Waals surface area (Å²) in [5.74, 6) is -0.886. The van der Waals surface area contributed by atoms with Crippen molar-refractivity contribution in [2.45, 2.75) is 13.8 Å². The van der Waals surface area contributed by atoms with Crippen LogP contribution in [0.15, 0.2) is 42.5 Å². The number of likely N-dealkylation sites (N-methyl/N-ethyl adjacent to an activating group) is 2. The molecule has 0 radical (unpaired) electrons. The van der Waals surface area contributed by atoms with Gasteiger partial charge in [0.2, 0.25) is 17.7 Å². The van der Waals surface area contributed by atoms with Crippen LogP contribution in [0.5, 0.6) is 0 Å². The number of para-hydroxylation sites is 1. The molecule has 7 nitrogen and oxygen atoms in total. The van der Waals surface area contributed by atoms with E-state index < -0.39 is 0 Å². The number of nitrogens with zero attached hydrogens (tertiary/aromatic N) is 2. The normalized spacial score (nSPS) is 10.6. The summed E-state index contributed by atoms with van der Waals surface area (Å²) in [5, 5.41) is 6.44. The van der Waals surface area contributed by atoms with Gasteiger partial charge in [-0.25, -0.2) is 0 Å². The molecule has 0 aliphatic rings. The number of nitrogens with one attached hydrogen (secondary N) is 2. The molecule has 0 spiro atoms. The number of hydrogen-bond donors (Lipinski definition) is 2. The molecule has 3 amide bonds. The predicted molar refractivity (Wildman–Crippen MR) is 125 cm³/mol.